The first-order valence-electron chi connectivity index (χ1n) is 13.3. The second-order valence-corrected chi connectivity index (χ2v) is 11.5. The van der Waals surface area contributed by atoms with Gasteiger partial charge in [0.25, 0.3) is 0 Å². The minimum Gasteiger partial charge on any atom is -0.508 e. The number of nitrogens with zero attached hydrogens (tertiary/aromatic N) is 2. The summed E-state index contributed by atoms with van der Waals surface area (Å²) >= 11 is 0. The largest absolute Gasteiger partial charge is 0.508 e. The second kappa shape index (κ2) is 9.18. The molecule has 0 radical (unpaired) electrons. The molecule has 3 aliphatic carbocycles. The minimum absolute atomic E-state index is 0.0743. The van der Waals surface area contributed by atoms with Gasteiger partial charge in [0.05, 0.1) is 18.7 Å². The molecule has 10 heteroatoms. The maximum atomic E-state index is 14.0. The van der Waals surface area contributed by atoms with Crippen molar-refractivity contribution in [1.82, 2.24) is 9.80 Å². The van der Waals surface area contributed by atoms with Gasteiger partial charge in [0.2, 0.25) is 5.78 Å². The molecule has 0 aromatic heterocycles. The van der Waals surface area contributed by atoms with E-state index in [4.69, 9.17) is 4.74 Å². The Labute approximate surface area is 227 Å². The Morgan fingerprint density at radius 3 is 2.36 bits per heavy atom. The summed E-state index contributed by atoms with van der Waals surface area (Å²) in [6, 6.07) is -0.795. The first-order chi connectivity index (χ1) is 18.3. The van der Waals surface area contributed by atoms with Crippen molar-refractivity contribution in [3.8, 4) is 11.5 Å². The zero-order chi connectivity index (χ0) is 28.7. The molecule has 10 nitrogen and oxygen atoms in total. The molecular weight excluding hydrogens is 504 g/mol. The Bertz CT molecular complexity index is 1380. The van der Waals surface area contributed by atoms with E-state index in [2.05, 4.69) is 18.7 Å². The van der Waals surface area contributed by atoms with Crippen LogP contribution in [0.2, 0.25) is 0 Å². The number of rotatable bonds is 5. The molecular formula is C29H36N2O8. The van der Waals surface area contributed by atoms with Crippen molar-refractivity contribution in [2.75, 3.05) is 21.2 Å². The molecule has 1 heterocycles. The Balaban J connectivity index is 1.72. The lowest BCUT2D eigenvalue weighted by Crippen LogP contribution is -2.65. The summed E-state index contributed by atoms with van der Waals surface area (Å²) in [5.74, 6) is -5.10. The van der Waals surface area contributed by atoms with E-state index in [0.29, 0.717) is 30.0 Å². The summed E-state index contributed by atoms with van der Waals surface area (Å²) in [4.78, 5) is 43.4. The second-order valence-electron chi connectivity index (χ2n) is 11.5. The van der Waals surface area contributed by atoms with Crippen molar-refractivity contribution >= 4 is 23.1 Å². The highest BCUT2D eigenvalue weighted by Crippen LogP contribution is 2.55. The highest BCUT2D eigenvalue weighted by atomic mass is 16.5. The molecule has 39 heavy (non-hydrogen) atoms. The van der Waals surface area contributed by atoms with Gasteiger partial charge < -0.3 is 25.2 Å². The smallest absolute Gasteiger partial charge is 0.202 e. The molecule has 0 unspecified atom stereocenters. The molecule has 1 fully saturated rings. The number of ketones is 3. The fraction of sp³-hybridized carbons (Fsp3) is 0.552. The van der Waals surface area contributed by atoms with Crippen molar-refractivity contribution < 1.29 is 39.5 Å². The number of benzene rings is 1. The fourth-order valence-corrected chi connectivity index (χ4v) is 7.17. The van der Waals surface area contributed by atoms with E-state index in [1.807, 2.05) is 0 Å². The number of phenolic OH excluding ortho intramolecular Hbond substituents is 1. The summed E-state index contributed by atoms with van der Waals surface area (Å²) in [6.07, 6.45) is 1.21. The van der Waals surface area contributed by atoms with Gasteiger partial charge in [0.15, 0.2) is 17.2 Å². The number of methoxy groups -OCH3 is 1. The van der Waals surface area contributed by atoms with Gasteiger partial charge in [-0.15, -0.1) is 0 Å². The normalized spacial score (nSPS) is 29.3. The van der Waals surface area contributed by atoms with Gasteiger partial charge in [-0.05, 0) is 53.1 Å². The molecule has 5 rings (SSSR count). The number of fused-ring (bicyclic) bond motifs is 4. The fourth-order valence-electron chi connectivity index (χ4n) is 7.17. The average Bonchev–Trinajstić information content (AvgIpc) is 3.31. The van der Waals surface area contributed by atoms with Crippen LogP contribution in [0.25, 0.3) is 5.76 Å². The van der Waals surface area contributed by atoms with Crippen LogP contribution in [-0.4, -0.2) is 86.5 Å². The van der Waals surface area contributed by atoms with Crippen LogP contribution in [0.5, 0.6) is 11.5 Å². The SMILES string of the molecule is CC[C@@H](C)N1Cc2c(O)c3c(c(OC)c2C1)C[C@H]1C[C@H]2[C@H](N(C)C)C(=O)C(C(C)=O)=C(O)[C@@]2(O)C(=O)C1=C3O. The van der Waals surface area contributed by atoms with Gasteiger partial charge >= 0.3 is 0 Å². The van der Waals surface area contributed by atoms with Crippen LogP contribution in [-0.2, 0) is 33.9 Å². The first-order valence-corrected chi connectivity index (χ1v) is 13.3. The molecule has 1 aromatic carbocycles. The van der Waals surface area contributed by atoms with Crippen LogP contribution < -0.4 is 4.74 Å². The number of aromatic hydroxyl groups is 1. The summed E-state index contributed by atoms with van der Waals surface area (Å²) < 4.78 is 5.83. The number of phenols is 1. The lowest BCUT2D eigenvalue weighted by Gasteiger charge is -2.50. The standard InChI is InChI=1S/C29H36N2O8/c1-7-12(2)31-10-16-17(11-31)26(39-6)15-8-14-9-18-22(30(4)5)25(35)19(13(3)32)27(36)29(18,38)28(37)20(14)24(34)21(15)23(16)33/h12,14,18,22,33-34,36,38H,7-11H2,1-6H3/t12-,14+,18+,22+,29-/m1/s1. The van der Waals surface area contributed by atoms with Crippen molar-refractivity contribution in [3.05, 3.63) is 39.2 Å². The van der Waals surface area contributed by atoms with Crippen LogP contribution in [0.3, 0.4) is 0 Å². The Morgan fingerprint density at radius 1 is 1.15 bits per heavy atom. The molecule has 1 aliphatic heterocycles. The predicted octanol–water partition coefficient (Wildman–Crippen LogP) is 2.19. The molecule has 4 aliphatic rings. The third kappa shape index (κ3) is 3.54. The van der Waals surface area contributed by atoms with E-state index < -0.39 is 57.9 Å². The minimum atomic E-state index is -2.58. The van der Waals surface area contributed by atoms with E-state index in [-0.39, 0.29) is 35.8 Å². The van der Waals surface area contributed by atoms with Crippen molar-refractivity contribution in [3.63, 3.8) is 0 Å². The zero-order valence-corrected chi connectivity index (χ0v) is 23.2. The molecule has 1 saturated carbocycles. The van der Waals surface area contributed by atoms with Gasteiger partial charge in [-0.2, -0.15) is 0 Å². The number of hydrogen-bond acceptors (Lipinski definition) is 10. The van der Waals surface area contributed by atoms with Gasteiger partial charge in [-0.1, -0.05) is 6.92 Å². The first kappa shape index (κ1) is 27.4. The van der Waals surface area contributed by atoms with E-state index >= 15 is 0 Å². The third-order valence-corrected chi connectivity index (χ3v) is 9.30. The van der Waals surface area contributed by atoms with Gasteiger partial charge in [0, 0.05) is 47.3 Å². The highest BCUT2D eigenvalue weighted by molar-refractivity contribution is 6.25. The van der Waals surface area contributed by atoms with Crippen LogP contribution in [0, 0.1) is 11.8 Å². The number of carbonyl (C=O) groups is 3. The molecule has 4 N–H and O–H groups in total. The number of aliphatic hydroxyl groups is 3. The average molecular weight is 541 g/mol. The van der Waals surface area contributed by atoms with Crippen molar-refractivity contribution in [2.45, 2.75) is 70.8 Å². The number of aliphatic hydroxyl groups excluding tert-OH is 2. The molecule has 210 valence electrons. The van der Waals surface area contributed by atoms with Crippen LogP contribution in [0.1, 0.15) is 55.9 Å². The maximum Gasteiger partial charge on any atom is 0.202 e. The van der Waals surface area contributed by atoms with Gasteiger partial charge in [-0.3, -0.25) is 24.2 Å². The van der Waals surface area contributed by atoms with Crippen molar-refractivity contribution in [2.24, 2.45) is 11.8 Å². The Kier molecular flexibility index (Phi) is 6.44. The zero-order valence-electron chi connectivity index (χ0n) is 23.2. The molecule has 1 aromatic rings. The van der Waals surface area contributed by atoms with E-state index in [0.717, 1.165) is 18.9 Å². The quantitative estimate of drug-likeness (QED) is 0.410. The third-order valence-electron chi connectivity index (χ3n) is 9.30. The summed E-state index contributed by atoms with van der Waals surface area (Å²) in [5.41, 5.74) is -1.20. The number of Topliss-reactive ketones (excluding diaryl/α,β-unsaturated/α-hetero) is 3. The summed E-state index contributed by atoms with van der Waals surface area (Å²) in [7, 11) is 4.76. The Hall–Kier alpha value is -3.21. The maximum absolute atomic E-state index is 14.0. The Morgan fingerprint density at radius 2 is 1.79 bits per heavy atom. The number of ether oxygens (including phenoxy) is 1. The van der Waals surface area contributed by atoms with Crippen LogP contribution >= 0.6 is 0 Å². The summed E-state index contributed by atoms with van der Waals surface area (Å²) in [6.45, 7) is 6.30. The monoisotopic (exact) mass is 540 g/mol. The van der Waals surface area contributed by atoms with Crippen LogP contribution in [0.15, 0.2) is 16.9 Å². The highest BCUT2D eigenvalue weighted by Gasteiger charge is 2.64. The molecule has 0 spiro atoms. The molecule has 0 bridgehead atoms. The molecule has 5 atom stereocenters. The number of likely N-dealkylation sites (N-methyl/N-ethyl adjacent to an activating group) is 1. The lowest BCUT2D eigenvalue weighted by atomic mass is 9.57. The van der Waals surface area contributed by atoms with Gasteiger partial charge in [0.1, 0.15) is 28.6 Å². The number of carbonyl (C=O) groups excluding carboxylic acids is 3. The van der Waals surface area contributed by atoms with Crippen molar-refractivity contribution in [1.29, 1.82) is 0 Å². The molecule has 0 saturated heterocycles. The van der Waals surface area contributed by atoms with Crippen LogP contribution in [0.4, 0.5) is 0 Å². The number of hydrogen-bond donors (Lipinski definition) is 4. The summed E-state index contributed by atoms with van der Waals surface area (Å²) in [5, 5.41) is 45.8. The molecule has 0 amide bonds. The van der Waals surface area contributed by atoms with E-state index in [9.17, 15) is 34.8 Å². The van der Waals surface area contributed by atoms with E-state index in [1.54, 1.807) is 14.1 Å². The van der Waals surface area contributed by atoms with Gasteiger partial charge in [-0.25, -0.2) is 0 Å². The predicted molar refractivity (Wildman–Crippen MR) is 141 cm³/mol. The lowest BCUT2D eigenvalue weighted by molar-refractivity contribution is -0.153. The van der Waals surface area contributed by atoms with E-state index in [1.165, 1.54) is 12.0 Å². The topological polar surface area (TPSA) is 148 Å².